The topological polar surface area (TPSA) is 71.9 Å². The van der Waals surface area contributed by atoms with Crippen LogP contribution in [0, 0.1) is 5.82 Å². The number of carboxylic acids is 1. The molecular weight excluding hydrogens is 531 g/mol. The number of pyridine rings is 1. The molecule has 0 spiro atoms. The molecule has 42 heavy (non-hydrogen) atoms. The second-order valence-corrected chi connectivity index (χ2v) is 13.4. The SMILES string of the molecule is CC(C)c1nc2c(cc1[C@@H](OC(C)(C)C)C(=O)O)CN(C(Oc1ccc(F)cc1)=C1CC1c1ccccc1)CC2(C)C. The first kappa shape index (κ1) is 29.8. The summed E-state index contributed by atoms with van der Waals surface area (Å²) in [6.07, 6.45) is -0.265. The molecule has 0 bridgehead atoms. The largest absolute Gasteiger partial charge is 0.479 e. The fourth-order valence-electron chi connectivity index (χ4n) is 5.87. The van der Waals surface area contributed by atoms with Gasteiger partial charge in [-0.05, 0) is 80.1 Å². The molecule has 7 heteroatoms. The molecule has 2 aliphatic rings. The van der Waals surface area contributed by atoms with Gasteiger partial charge in [-0.2, -0.15) is 0 Å². The molecule has 2 aromatic carbocycles. The van der Waals surface area contributed by atoms with Crippen LogP contribution in [0.1, 0.15) is 101 Å². The third-order valence-corrected chi connectivity index (χ3v) is 7.75. The first-order valence-corrected chi connectivity index (χ1v) is 14.6. The molecule has 1 fully saturated rings. The van der Waals surface area contributed by atoms with Crippen molar-refractivity contribution in [1.82, 2.24) is 9.88 Å². The van der Waals surface area contributed by atoms with Crippen LogP contribution >= 0.6 is 0 Å². The zero-order valence-electron chi connectivity index (χ0n) is 25.6. The fraction of sp³-hybridized carbons (Fsp3) is 0.429. The van der Waals surface area contributed by atoms with Gasteiger partial charge in [0.1, 0.15) is 11.6 Å². The highest BCUT2D eigenvalue weighted by atomic mass is 19.1. The van der Waals surface area contributed by atoms with Gasteiger partial charge in [0, 0.05) is 35.7 Å². The molecule has 6 nitrogen and oxygen atoms in total. The maximum absolute atomic E-state index is 13.7. The van der Waals surface area contributed by atoms with Gasteiger partial charge in [-0.15, -0.1) is 0 Å². The van der Waals surface area contributed by atoms with Crippen LogP contribution in [0.25, 0.3) is 0 Å². The van der Waals surface area contributed by atoms with Crippen LogP contribution in [-0.4, -0.2) is 33.1 Å². The summed E-state index contributed by atoms with van der Waals surface area (Å²) in [6, 6.07) is 18.5. The van der Waals surface area contributed by atoms with E-state index in [1.54, 1.807) is 12.1 Å². The maximum Gasteiger partial charge on any atom is 0.337 e. The molecule has 1 unspecified atom stereocenters. The summed E-state index contributed by atoms with van der Waals surface area (Å²) in [5, 5.41) is 10.2. The first-order chi connectivity index (χ1) is 19.7. The minimum atomic E-state index is -1.14. The molecule has 1 aliphatic heterocycles. The number of fused-ring (bicyclic) bond motifs is 1. The summed E-state index contributed by atoms with van der Waals surface area (Å²) in [5.74, 6) is 0.251. The summed E-state index contributed by atoms with van der Waals surface area (Å²) < 4.78 is 26.3. The van der Waals surface area contributed by atoms with E-state index in [-0.39, 0.29) is 23.1 Å². The van der Waals surface area contributed by atoms with Gasteiger partial charge in [0.2, 0.25) is 0 Å². The van der Waals surface area contributed by atoms with Crippen LogP contribution in [0.2, 0.25) is 0 Å². The smallest absolute Gasteiger partial charge is 0.337 e. The number of nitrogens with zero attached hydrogens (tertiary/aromatic N) is 2. The lowest BCUT2D eigenvalue weighted by molar-refractivity contribution is -0.160. The van der Waals surface area contributed by atoms with E-state index in [4.69, 9.17) is 14.5 Å². The average molecular weight is 573 g/mol. The van der Waals surface area contributed by atoms with Crippen molar-refractivity contribution >= 4 is 5.97 Å². The molecule has 1 aromatic heterocycles. The van der Waals surface area contributed by atoms with Crippen LogP contribution in [-0.2, 0) is 21.5 Å². The average Bonchev–Trinajstić information content (AvgIpc) is 3.71. The number of carboxylic acid groups (broad SMARTS) is 1. The number of benzene rings is 2. The van der Waals surface area contributed by atoms with Gasteiger partial charge >= 0.3 is 5.97 Å². The molecule has 5 rings (SSSR count). The van der Waals surface area contributed by atoms with Gasteiger partial charge in [0.05, 0.1) is 11.3 Å². The van der Waals surface area contributed by atoms with E-state index in [0.717, 1.165) is 29.3 Å². The minimum absolute atomic E-state index is 0.0159. The highest BCUT2D eigenvalue weighted by Gasteiger charge is 2.42. The molecule has 222 valence electrons. The number of allylic oxidation sites excluding steroid dienone is 1. The van der Waals surface area contributed by atoms with Crippen molar-refractivity contribution in [2.45, 2.75) is 90.4 Å². The second-order valence-electron chi connectivity index (χ2n) is 13.4. The number of halogens is 1. The molecule has 2 heterocycles. The van der Waals surface area contributed by atoms with Crippen molar-refractivity contribution in [3.63, 3.8) is 0 Å². The summed E-state index contributed by atoms with van der Waals surface area (Å²) in [6.45, 7) is 15.1. The predicted molar refractivity (Wildman–Crippen MR) is 161 cm³/mol. The van der Waals surface area contributed by atoms with Crippen molar-refractivity contribution in [2.75, 3.05) is 6.54 Å². The number of rotatable bonds is 8. The third kappa shape index (κ3) is 6.36. The molecular formula is C35H41FN2O4. The highest BCUT2D eigenvalue weighted by Crippen LogP contribution is 2.51. The molecule has 2 atom stereocenters. The van der Waals surface area contributed by atoms with Crippen LogP contribution in [0.3, 0.4) is 0 Å². The van der Waals surface area contributed by atoms with E-state index in [1.807, 2.05) is 58.9 Å². The Hall–Kier alpha value is -3.71. The van der Waals surface area contributed by atoms with Crippen molar-refractivity contribution < 1.29 is 23.8 Å². The maximum atomic E-state index is 13.7. The standard InChI is InChI=1S/C35H41FN2O4/c1-21(2)29-28(30(33(39)40)42-34(3,4)5)17-23-19-38(20-35(6,7)31(23)37-29)32(41-25-15-13-24(36)14-16-25)27-18-26(27)22-11-9-8-10-12-22/h8-17,21,26,30H,18-20H2,1-7H3,(H,39,40)/t26?,30-/m1/s1. The van der Waals surface area contributed by atoms with E-state index >= 15 is 0 Å². The van der Waals surface area contributed by atoms with Crippen molar-refractivity contribution in [1.29, 1.82) is 0 Å². The molecule has 1 N–H and O–H groups in total. The van der Waals surface area contributed by atoms with Gasteiger partial charge in [0.15, 0.2) is 12.0 Å². The predicted octanol–water partition coefficient (Wildman–Crippen LogP) is 7.86. The van der Waals surface area contributed by atoms with Gasteiger partial charge in [-0.25, -0.2) is 9.18 Å². The Morgan fingerprint density at radius 3 is 2.36 bits per heavy atom. The van der Waals surface area contributed by atoms with Gasteiger partial charge in [-0.3, -0.25) is 4.98 Å². The summed E-state index contributed by atoms with van der Waals surface area (Å²) >= 11 is 0. The number of carbonyl (C=O) groups is 1. The molecule has 1 aliphatic carbocycles. The number of aliphatic carboxylic acids is 1. The van der Waals surface area contributed by atoms with Gasteiger partial charge in [-0.1, -0.05) is 58.0 Å². The van der Waals surface area contributed by atoms with E-state index in [1.165, 1.54) is 23.3 Å². The lowest BCUT2D eigenvalue weighted by atomic mass is 9.80. The first-order valence-electron chi connectivity index (χ1n) is 14.6. The monoisotopic (exact) mass is 572 g/mol. The molecule has 3 aromatic rings. The van der Waals surface area contributed by atoms with Gasteiger partial charge in [0.25, 0.3) is 0 Å². The van der Waals surface area contributed by atoms with Crippen LogP contribution in [0.4, 0.5) is 4.39 Å². The Balaban J connectivity index is 1.59. The third-order valence-electron chi connectivity index (χ3n) is 7.75. The summed E-state index contributed by atoms with van der Waals surface area (Å²) in [7, 11) is 0. The molecule has 0 saturated heterocycles. The summed E-state index contributed by atoms with van der Waals surface area (Å²) in [5.41, 5.74) is 4.67. The van der Waals surface area contributed by atoms with Gasteiger partial charge < -0.3 is 19.5 Å². The summed E-state index contributed by atoms with van der Waals surface area (Å²) in [4.78, 5) is 19.9. The van der Waals surface area contributed by atoms with E-state index in [2.05, 4.69) is 30.9 Å². The number of aromatic nitrogens is 1. The van der Waals surface area contributed by atoms with Crippen molar-refractivity contribution in [2.24, 2.45) is 0 Å². The minimum Gasteiger partial charge on any atom is -0.479 e. The normalized spacial score (nSPS) is 19.7. The Labute approximate surface area is 248 Å². The lowest BCUT2D eigenvalue weighted by Gasteiger charge is -2.41. The quantitative estimate of drug-likeness (QED) is 0.277. The Morgan fingerprint density at radius 2 is 1.76 bits per heavy atom. The highest BCUT2D eigenvalue weighted by molar-refractivity contribution is 5.75. The van der Waals surface area contributed by atoms with Crippen LogP contribution in [0.5, 0.6) is 5.75 Å². The molecule has 1 saturated carbocycles. The second kappa shape index (κ2) is 11.2. The van der Waals surface area contributed by atoms with E-state index in [0.29, 0.717) is 24.4 Å². The van der Waals surface area contributed by atoms with E-state index < -0.39 is 17.7 Å². The van der Waals surface area contributed by atoms with Crippen molar-refractivity contribution in [3.05, 3.63) is 106 Å². The number of hydrogen-bond acceptors (Lipinski definition) is 5. The Bertz CT molecular complexity index is 1490. The fourth-order valence-corrected chi connectivity index (χ4v) is 5.87. The van der Waals surface area contributed by atoms with Crippen LogP contribution < -0.4 is 4.74 Å². The lowest BCUT2D eigenvalue weighted by Crippen LogP contribution is -2.44. The molecule has 0 amide bonds. The Kier molecular flexibility index (Phi) is 7.92. The van der Waals surface area contributed by atoms with Crippen LogP contribution in [0.15, 0.2) is 72.1 Å². The zero-order valence-corrected chi connectivity index (χ0v) is 25.6. The number of ether oxygens (including phenoxy) is 2. The van der Waals surface area contributed by atoms with Crippen molar-refractivity contribution in [3.8, 4) is 5.75 Å². The zero-order chi connectivity index (χ0) is 30.4. The molecule has 0 radical (unpaired) electrons. The number of hydrogen-bond donors (Lipinski definition) is 1. The Morgan fingerprint density at radius 1 is 1.10 bits per heavy atom. The van der Waals surface area contributed by atoms with E-state index in [9.17, 15) is 14.3 Å².